The van der Waals surface area contributed by atoms with Gasteiger partial charge in [-0.15, -0.1) is 0 Å². The summed E-state index contributed by atoms with van der Waals surface area (Å²) in [6, 6.07) is 10.4. The second-order valence-electron chi connectivity index (χ2n) is 5.06. The number of amides is 1. The third-order valence-corrected chi connectivity index (χ3v) is 3.98. The summed E-state index contributed by atoms with van der Waals surface area (Å²) in [6.07, 6.45) is 0.992. The predicted octanol–water partition coefficient (Wildman–Crippen LogP) is 3.05. The van der Waals surface area contributed by atoms with E-state index in [1.165, 1.54) is 5.56 Å². The van der Waals surface area contributed by atoms with Gasteiger partial charge in [0, 0.05) is 13.1 Å². The Bertz CT molecular complexity index is 397. The maximum atomic E-state index is 12.4. The van der Waals surface area contributed by atoms with Crippen molar-refractivity contribution < 1.29 is 4.79 Å². The number of carbonyl (C=O) groups excluding carboxylic acids is 1. The Morgan fingerprint density at radius 1 is 1.29 bits per heavy atom. The fraction of sp³-hybridized carbons (Fsp3) is 0.533. The van der Waals surface area contributed by atoms with Crippen LogP contribution in [0, 0.1) is 5.41 Å². The van der Waals surface area contributed by atoms with E-state index in [0.29, 0.717) is 11.8 Å². The maximum Gasteiger partial charge on any atom is 0.229 e. The summed E-state index contributed by atoms with van der Waals surface area (Å²) in [6.45, 7) is 7.82. The van der Waals surface area contributed by atoms with Gasteiger partial charge in [-0.25, -0.2) is 0 Å². The molecular formula is C15H21NO. The molecule has 0 unspecified atom stereocenters. The van der Waals surface area contributed by atoms with Crippen LogP contribution in [0.5, 0.6) is 0 Å². The molecule has 0 heterocycles. The van der Waals surface area contributed by atoms with Gasteiger partial charge in [-0.2, -0.15) is 0 Å². The molecule has 0 saturated heterocycles. The van der Waals surface area contributed by atoms with E-state index >= 15 is 0 Å². The lowest BCUT2D eigenvalue weighted by Crippen LogP contribution is -2.36. The Morgan fingerprint density at radius 3 is 2.41 bits per heavy atom. The maximum absolute atomic E-state index is 12.4. The van der Waals surface area contributed by atoms with Gasteiger partial charge < -0.3 is 4.90 Å². The molecule has 1 saturated carbocycles. The highest BCUT2D eigenvalue weighted by molar-refractivity contribution is 5.87. The summed E-state index contributed by atoms with van der Waals surface area (Å²) < 4.78 is 0. The van der Waals surface area contributed by atoms with Crippen LogP contribution in [-0.2, 0) is 4.79 Å². The van der Waals surface area contributed by atoms with Crippen molar-refractivity contribution in [2.24, 2.45) is 5.41 Å². The number of hydrogen-bond acceptors (Lipinski definition) is 1. The quantitative estimate of drug-likeness (QED) is 0.780. The smallest absolute Gasteiger partial charge is 0.229 e. The highest BCUT2D eigenvalue weighted by atomic mass is 16.2. The lowest BCUT2D eigenvalue weighted by atomic mass is 9.99. The summed E-state index contributed by atoms with van der Waals surface area (Å²) in [4.78, 5) is 14.3. The highest BCUT2D eigenvalue weighted by Crippen LogP contribution is 2.59. The van der Waals surface area contributed by atoms with Crippen LogP contribution in [0.3, 0.4) is 0 Å². The number of rotatable bonds is 4. The molecule has 0 aliphatic heterocycles. The average Bonchev–Trinajstić information content (AvgIpc) is 3.06. The molecule has 2 heteroatoms. The van der Waals surface area contributed by atoms with E-state index in [-0.39, 0.29) is 5.41 Å². The zero-order valence-corrected chi connectivity index (χ0v) is 10.9. The summed E-state index contributed by atoms with van der Waals surface area (Å²) in [5, 5.41) is 0. The molecule has 2 atom stereocenters. The predicted molar refractivity (Wildman–Crippen MR) is 69.8 cm³/mol. The zero-order chi connectivity index (χ0) is 12.5. The van der Waals surface area contributed by atoms with Gasteiger partial charge in [-0.3, -0.25) is 4.79 Å². The first-order valence-electron chi connectivity index (χ1n) is 6.47. The first kappa shape index (κ1) is 12.2. The first-order valence-corrected chi connectivity index (χ1v) is 6.47. The van der Waals surface area contributed by atoms with Crippen LogP contribution in [-0.4, -0.2) is 23.9 Å². The lowest BCUT2D eigenvalue weighted by Gasteiger charge is -2.23. The van der Waals surface area contributed by atoms with Crippen LogP contribution in [0.25, 0.3) is 0 Å². The fourth-order valence-corrected chi connectivity index (χ4v) is 2.64. The summed E-state index contributed by atoms with van der Waals surface area (Å²) >= 11 is 0. The Labute approximate surface area is 104 Å². The van der Waals surface area contributed by atoms with Crippen LogP contribution >= 0.6 is 0 Å². The number of hydrogen-bond donors (Lipinski definition) is 0. The number of carbonyl (C=O) groups is 1. The molecule has 0 aromatic heterocycles. The van der Waals surface area contributed by atoms with Crippen molar-refractivity contribution in [1.82, 2.24) is 4.90 Å². The molecular weight excluding hydrogens is 210 g/mol. The van der Waals surface area contributed by atoms with Gasteiger partial charge in [0.25, 0.3) is 0 Å². The van der Waals surface area contributed by atoms with Crippen molar-refractivity contribution in [2.75, 3.05) is 13.1 Å². The Balaban J connectivity index is 2.12. The topological polar surface area (TPSA) is 20.3 Å². The van der Waals surface area contributed by atoms with Crippen LogP contribution < -0.4 is 0 Å². The molecule has 92 valence electrons. The third-order valence-electron chi connectivity index (χ3n) is 3.98. The van der Waals surface area contributed by atoms with E-state index < -0.39 is 0 Å². The largest absolute Gasteiger partial charge is 0.343 e. The minimum absolute atomic E-state index is 0.159. The van der Waals surface area contributed by atoms with Crippen LogP contribution in [0.4, 0.5) is 0 Å². The van der Waals surface area contributed by atoms with Crippen molar-refractivity contribution >= 4 is 5.91 Å². The molecule has 0 radical (unpaired) electrons. The van der Waals surface area contributed by atoms with Crippen LogP contribution in [0.15, 0.2) is 30.3 Å². The molecule has 17 heavy (non-hydrogen) atoms. The van der Waals surface area contributed by atoms with E-state index in [2.05, 4.69) is 31.2 Å². The van der Waals surface area contributed by atoms with E-state index in [0.717, 1.165) is 19.5 Å². The summed E-state index contributed by atoms with van der Waals surface area (Å²) in [7, 11) is 0. The highest BCUT2D eigenvalue weighted by Gasteiger charge is 2.57. The van der Waals surface area contributed by atoms with Gasteiger partial charge in [0.05, 0.1) is 5.41 Å². The van der Waals surface area contributed by atoms with E-state index in [1.54, 1.807) is 0 Å². The average molecular weight is 231 g/mol. The molecule has 1 aliphatic rings. The van der Waals surface area contributed by atoms with Crippen LogP contribution in [0.2, 0.25) is 0 Å². The minimum atomic E-state index is -0.159. The van der Waals surface area contributed by atoms with Crippen molar-refractivity contribution in [3.63, 3.8) is 0 Å². The SMILES string of the molecule is CCN(CC)C(=O)[C@@]1(C)C[C@H]1c1ccccc1. The first-order chi connectivity index (χ1) is 8.13. The van der Waals surface area contributed by atoms with Crippen molar-refractivity contribution in [3.8, 4) is 0 Å². The molecule has 1 aromatic rings. The molecule has 2 nitrogen and oxygen atoms in total. The molecule has 1 fully saturated rings. The Kier molecular flexibility index (Phi) is 3.23. The molecule has 1 amide bonds. The molecule has 0 spiro atoms. The standard InChI is InChI=1S/C15H21NO/c1-4-16(5-2)14(17)15(3)11-13(15)12-9-7-6-8-10-12/h6-10,13H,4-5,11H2,1-3H3/t13-,15-/m0/s1. The molecule has 2 rings (SSSR count). The van der Waals surface area contributed by atoms with Gasteiger partial charge in [0.15, 0.2) is 0 Å². The lowest BCUT2D eigenvalue weighted by molar-refractivity contribution is -0.136. The monoisotopic (exact) mass is 231 g/mol. The van der Waals surface area contributed by atoms with Crippen LogP contribution in [0.1, 0.15) is 38.7 Å². The zero-order valence-electron chi connectivity index (χ0n) is 10.9. The number of nitrogens with zero attached hydrogens (tertiary/aromatic N) is 1. The second kappa shape index (κ2) is 4.52. The molecule has 0 N–H and O–H groups in total. The van der Waals surface area contributed by atoms with Gasteiger partial charge in [-0.1, -0.05) is 37.3 Å². The van der Waals surface area contributed by atoms with E-state index in [1.807, 2.05) is 24.8 Å². The van der Waals surface area contributed by atoms with Gasteiger partial charge in [0.1, 0.15) is 0 Å². The Hall–Kier alpha value is -1.31. The van der Waals surface area contributed by atoms with Gasteiger partial charge in [0.2, 0.25) is 5.91 Å². The minimum Gasteiger partial charge on any atom is -0.343 e. The molecule has 1 aromatic carbocycles. The number of benzene rings is 1. The van der Waals surface area contributed by atoms with Crippen molar-refractivity contribution in [3.05, 3.63) is 35.9 Å². The molecule has 1 aliphatic carbocycles. The third kappa shape index (κ3) is 2.08. The van der Waals surface area contributed by atoms with Crippen molar-refractivity contribution in [1.29, 1.82) is 0 Å². The summed E-state index contributed by atoms with van der Waals surface area (Å²) in [5.74, 6) is 0.730. The summed E-state index contributed by atoms with van der Waals surface area (Å²) in [5.41, 5.74) is 1.14. The fourth-order valence-electron chi connectivity index (χ4n) is 2.64. The van der Waals surface area contributed by atoms with E-state index in [4.69, 9.17) is 0 Å². The Morgan fingerprint density at radius 2 is 1.88 bits per heavy atom. The van der Waals surface area contributed by atoms with Crippen molar-refractivity contribution in [2.45, 2.75) is 33.1 Å². The second-order valence-corrected chi connectivity index (χ2v) is 5.06. The van der Waals surface area contributed by atoms with Gasteiger partial charge in [-0.05, 0) is 31.7 Å². The normalized spacial score (nSPS) is 26.6. The molecule has 0 bridgehead atoms. The van der Waals surface area contributed by atoms with E-state index in [9.17, 15) is 4.79 Å². The van der Waals surface area contributed by atoms with Gasteiger partial charge >= 0.3 is 0 Å².